The van der Waals surface area contributed by atoms with Crippen LogP contribution in [0.4, 0.5) is 11.9 Å². The van der Waals surface area contributed by atoms with Crippen LogP contribution in [0.1, 0.15) is 13.8 Å². The Morgan fingerprint density at radius 1 is 1.40 bits per heavy atom. The van der Waals surface area contributed by atoms with E-state index in [9.17, 15) is 4.79 Å². The van der Waals surface area contributed by atoms with E-state index in [0.29, 0.717) is 18.4 Å². The lowest BCUT2D eigenvalue weighted by Gasteiger charge is -2.12. The average Bonchev–Trinajstić information content (AvgIpc) is 2.92. The smallest absolute Gasteiger partial charge is 0.241 e. The largest absolute Gasteiger partial charge is 0.368 e. The fourth-order valence-electron chi connectivity index (χ4n) is 1.42. The third kappa shape index (κ3) is 3.19. The van der Waals surface area contributed by atoms with E-state index < -0.39 is 11.9 Å². The van der Waals surface area contributed by atoms with Gasteiger partial charge in [-0.15, -0.1) is 0 Å². The van der Waals surface area contributed by atoms with E-state index in [1.54, 1.807) is 30.2 Å². The van der Waals surface area contributed by atoms with Gasteiger partial charge < -0.3 is 16.4 Å². The zero-order valence-corrected chi connectivity index (χ0v) is 11.2. The third-order valence-corrected chi connectivity index (χ3v) is 2.47. The maximum Gasteiger partial charge on any atom is 0.241 e. The lowest BCUT2D eigenvalue weighted by Crippen LogP contribution is -2.33. The first kappa shape index (κ1) is 13.7. The number of hydrogen-bond acceptors (Lipinski definition) is 7. The molecule has 20 heavy (non-hydrogen) atoms. The van der Waals surface area contributed by atoms with Crippen molar-refractivity contribution < 1.29 is 4.79 Å². The number of rotatable bonds is 6. The minimum Gasteiger partial charge on any atom is -0.368 e. The number of imidazole rings is 1. The minimum atomic E-state index is -0.581. The molecule has 0 radical (unpaired) electrons. The van der Waals surface area contributed by atoms with Gasteiger partial charge in [0.25, 0.3) is 0 Å². The molecule has 0 aliphatic rings. The fourth-order valence-corrected chi connectivity index (χ4v) is 1.42. The molecule has 2 aromatic rings. The summed E-state index contributed by atoms with van der Waals surface area (Å²) in [6.07, 6.45) is 4.91. The van der Waals surface area contributed by atoms with Crippen LogP contribution in [0.15, 0.2) is 18.7 Å². The van der Waals surface area contributed by atoms with Gasteiger partial charge in [0.15, 0.2) is 0 Å². The lowest BCUT2D eigenvalue weighted by atomic mass is 10.3. The molecule has 106 valence electrons. The summed E-state index contributed by atoms with van der Waals surface area (Å²) in [4.78, 5) is 27.7. The summed E-state index contributed by atoms with van der Waals surface area (Å²) in [5.74, 6) is 0.587. The van der Waals surface area contributed by atoms with Gasteiger partial charge >= 0.3 is 0 Å². The van der Waals surface area contributed by atoms with E-state index >= 15 is 0 Å². The molecule has 0 aliphatic heterocycles. The van der Waals surface area contributed by atoms with Gasteiger partial charge in [0.1, 0.15) is 12.4 Å². The molecule has 0 aliphatic carbocycles. The number of nitrogens with one attached hydrogen (secondary N) is 2. The molecular weight excluding hydrogens is 260 g/mol. The van der Waals surface area contributed by atoms with Crippen LogP contribution in [0.3, 0.4) is 0 Å². The number of anilines is 2. The first-order chi connectivity index (χ1) is 9.60. The Labute approximate surface area is 115 Å². The van der Waals surface area contributed by atoms with Crippen molar-refractivity contribution in [3.8, 4) is 5.95 Å². The van der Waals surface area contributed by atoms with Crippen molar-refractivity contribution in [1.29, 1.82) is 0 Å². The summed E-state index contributed by atoms with van der Waals surface area (Å²) in [7, 11) is 0. The van der Waals surface area contributed by atoms with Gasteiger partial charge in [-0.3, -0.25) is 9.36 Å². The molecule has 0 saturated carbocycles. The molecule has 9 nitrogen and oxygen atoms in total. The number of nitrogens with zero attached hydrogens (tertiary/aromatic N) is 5. The van der Waals surface area contributed by atoms with Gasteiger partial charge in [-0.1, -0.05) is 0 Å². The summed E-state index contributed by atoms with van der Waals surface area (Å²) < 4.78 is 1.64. The fraction of sp³-hybridized carbons (Fsp3) is 0.364. The highest BCUT2D eigenvalue weighted by atomic mass is 16.1. The number of primary amides is 1. The molecule has 9 heteroatoms. The first-order valence-electron chi connectivity index (χ1n) is 6.14. The predicted molar refractivity (Wildman–Crippen MR) is 73.4 cm³/mol. The summed E-state index contributed by atoms with van der Waals surface area (Å²) in [6, 6.07) is -0.581. The second-order valence-corrected chi connectivity index (χ2v) is 4.05. The highest BCUT2D eigenvalue weighted by Crippen LogP contribution is 2.10. The second-order valence-electron chi connectivity index (χ2n) is 4.05. The molecule has 0 bridgehead atoms. The molecule has 2 aromatic heterocycles. The van der Waals surface area contributed by atoms with Crippen LogP contribution in [0.2, 0.25) is 0 Å². The lowest BCUT2D eigenvalue weighted by molar-refractivity contribution is -0.118. The van der Waals surface area contributed by atoms with E-state index in [1.807, 2.05) is 6.92 Å². The number of amides is 1. The monoisotopic (exact) mass is 276 g/mol. The van der Waals surface area contributed by atoms with E-state index in [1.165, 1.54) is 0 Å². The normalized spacial score (nSPS) is 11.9. The van der Waals surface area contributed by atoms with Crippen LogP contribution in [-0.2, 0) is 4.79 Å². The Kier molecular flexibility index (Phi) is 4.08. The van der Waals surface area contributed by atoms with Crippen molar-refractivity contribution in [3.63, 3.8) is 0 Å². The van der Waals surface area contributed by atoms with Crippen LogP contribution in [-0.4, -0.2) is 43.0 Å². The van der Waals surface area contributed by atoms with Crippen LogP contribution in [0.5, 0.6) is 0 Å². The first-order valence-corrected chi connectivity index (χ1v) is 6.14. The Hall–Kier alpha value is -2.71. The quantitative estimate of drug-likeness (QED) is 0.666. The molecule has 4 N–H and O–H groups in total. The molecular formula is C11H16N8O. The Morgan fingerprint density at radius 3 is 2.75 bits per heavy atom. The predicted octanol–water partition coefficient (Wildman–Crippen LogP) is -0.225. The van der Waals surface area contributed by atoms with E-state index in [4.69, 9.17) is 5.73 Å². The topological polar surface area (TPSA) is 124 Å². The molecule has 0 saturated heterocycles. The maximum absolute atomic E-state index is 11.1. The van der Waals surface area contributed by atoms with Gasteiger partial charge in [0.05, 0.1) is 0 Å². The summed E-state index contributed by atoms with van der Waals surface area (Å²) in [6.45, 7) is 4.23. The zero-order chi connectivity index (χ0) is 14.5. The van der Waals surface area contributed by atoms with Crippen LogP contribution in [0.25, 0.3) is 5.95 Å². The standard InChI is InChI=1S/C11H16N8O/c1-3-14-9-16-10(15-7(2)8(12)20)18-11(17-9)19-5-4-13-6-19/h4-7H,3H2,1-2H3,(H2,12,20)(H2,14,15,16,17,18). The van der Waals surface area contributed by atoms with Crippen molar-refractivity contribution in [2.75, 3.05) is 17.2 Å². The Morgan fingerprint density at radius 2 is 2.15 bits per heavy atom. The highest BCUT2D eigenvalue weighted by molar-refractivity contribution is 5.81. The van der Waals surface area contributed by atoms with Gasteiger partial charge in [-0.25, -0.2) is 4.98 Å². The average molecular weight is 276 g/mol. The Bertz CT molecular complexity index is 582. The van der Waals surface area contributed by atoms with Gasteiger partial charge in [0.2, 0.25) is 23.8 Å². The van der Waals surface area contributed by atoms with Gasteiger partial charge in [0, 0.05) is 18.9 Å². The van der Waals surface area contributed by atoms with E-state index in [0.717, 1.165) is 0 Å². The summed E-state index contributed by atoms with van der Waals surface area (Å²) >= 11 is 0. The van der Waals surface area contributed by atoms with Crippen molar-refractivity contribution in [3.05, 3.63) is 18.7 Å². The number of carbonyl (C=O) groups is 1. The number of carbonyl (C=O) groups excluding carboxylic acids is 1. The van der Waals surface area contributed by atoms with Gasteiger partial charge in [-0.05, 0) is 13.8 Å². The number of nitrogens with two attached hydrogens (primary N) is 1. The molecule has 1 atom stereocenters. The van der Waals surface area contributed by atoms with Crippen molar-refractivity contribution >= 4 is 17.8 Å². The van der Waals surface area contributed by atoms with Crippen LogP contribution in [0, 0.1) is 0 Å². The minimum absolute atomic E-state index is 0.269. The van der Waals surface area contributed by atoms with Crippen molar-refractivity contribution in [2.45, 2.75) is 19.9 Å². The van der Waals surface area contributed by atoms with Crippen LogP contribution >= 0.6 is 0 Å². The molecule has 2 rings (SSSR count). The third-order valence-electron chi connectivity index (χ3n) is 2.47. The highest BCUT2D eigenvalue weighted by Gasteiger charge is 2.13. The molecule has 1 amide bonds. The number of hydrogen-bond donors (Lipinski definition) is 3. The Balaban J connectivity index is 2.33. The summed E-state index contributed by atoms with van der Waals surface area (Å²) in [5, 5.41) is 5.83. The molecule has 1 unspecified atom stereocenters. The van der Waals surface area contributed by atoms with Crippen molar-refractivity contribution in [2.24, 2.45) is 5.73 Å². The molecule has 2 heterocycles. The van der Waals surface area contributed by atoms with Crippen molar-refractivity contribution in [1.82, 2.24) is 24.5 Å². The van der Waals surface area contributed by atoms with Gasteiger partial charge in [-0.2, -0.15) is 15.0 Å². The van der Waals surface area contributed by atoms with E-state index in [-0.39, 0.29) is 5.95 Å². The molecule has 0 fully saturated rings. The van der Waals surface area contributed by atoms with Crippen LogP contribution < -0.4 is 16.4 Å². The molecule has 0 aromatic carbocycles. The maximum atomic E-state index is 11.1. The van der Waals surface area contributed by atoms with E-state index in [2.05, 4.69) is 30.6 Å². The second kappa shape index (κ2) is 5.95. The number of aromatic nitrogens is 5. The summed E-state index contributed by atoms with van der Waals surface area (Å²) in [5.41, 5.74) is 5.21. The SMILES string of the molecule is CCNc1nc(NC(C)C(N)=O)nc(-n2ccnc2)n1. The zero-order valence-electron chi connectivity index (χ0n) is 11.2. The molecule has 0 spiro atoms.